The number of amides is 1. The van der Waals surface area contributed by atoms with Gasteiger partial charge in [-0.3, -0.25) is 4.79 Å². The Bertz CT molecular complexity index is 971. The highest BCUT2D eigenvalue weighted by Gasteiger charge is 2.17. The molecule has 2 heterocycles. The Kier molecular flexibility index (Phi) is 3.99. The van der Waals surface area contributed by atoms with E-state index >= 15 is 0 Å². The van der Waals surface area contributed by atoms with E-state index in [1.54, 1.807) is 36.4 Å². The summed E-state index contributed by atoms with van der Waals surface area (Å²) >= 11 is 11.9. The van der Waals surface area contributed by atoms with Gasteiger partial charge < -0.3 is 19.2 Å². The predicted octanol–water partition coefficient (Wildman–Crippen LogP) is 4.63. The number of hydrogen-bond acceptors (Lipinski definition) is 5. The van der Waals surface area contributed by atoms with E-state index in [2.05, 4.69) is 10.3 Å². The third-order valence-electron chi connectivity index (χ3n) is 3.53. The molecule has 8 heteroatoms. The molecule has 126 valence electrons. The van der Waals surface area contributed by atoms with Crippen molar-refractivity contribution >= 4 is 34.8 Å². The maximum atomic E-state index is 12.3. The number of fused-ring (bicyclic) bond motifs is 1. The van der Waals surface area contributed by atoms with Crippen LogP contribution in [0.2, 0.25) is 10.0 Å². The van der Waals surface area contributed by atoms with Crippen LogP contribution in [0.15, 0.2) is 47.1 Å². The number of halogens is 2. The maximum Gasteiger partial charge on any atom is 0.277 e. The van der Waals surface area contributed by atoms with E-state index in [1.165, 1.54) is 6.26 Å². The van der Waals surface area contributed by atoms with Gasteiger partial charge in [0.15, 0.2) is 17.2 Å². The van der Waals surface area contributed by atoms with Crippen molar-refractivity contribution in [2.45, 2.75) is 0 Å². The lowest BCUT2D eigenvalue weighted by atomic mass is 10.2. The van der Waals surface area contributed by atoms with Gasteiger partial charge in [-0.15, -0.1) is 0 Å². The average Bonchev–Trinajstić information content (AvgIpc) is 3.26. The molecule has 1 aromatic heterocycles. The first kappa shape index (κ1) is 15.8. The van der Waals surface area contributed by atoms with E-state index in [0.717, 1.165) is 0 Å². The Balaban J connectivity index is 1.53. The topological polar surface area (TPSA) is 73.6 Å². The summed E-state index contributed by atoms with van der Waals surface area (Å²) in [5.41, 5.74) is 1.32. The van der Waals surface area contributed by atoms with Crippen molar-refractivity contribution < 1.29 is 18.7 Å². The number of carbonyl (C=O) groups is 1. The van der Waals surface area contributed by atoms with Crippen molar-refractivity contribution in [3.63, 3.8) is 0 Å². The highest BCUT2D eigenvalue weighted by Crippen LogP contribution is 2.34. The second-order valence-corrected chi connectivity index (χ2v) is 6.00. The Labute approximate surface area is 152 Å². The van der Waals surface area contributed by atoms with Crippen LogP contribution in [0.4, 0.5) is 5.69 Å². The minimum absolute atomic E-state index is 0.138. The van der Waals surface area contributed by atoms with E-state index in [4.69, 9.17) is 37.1 Å². The molecule has 0 spiro atoms. The van der Waals surface area contributed by atoms with E-state index < -0.39 is 5.91 Å². The molecule has 3 aromatic rings. The fourth-order valence-electron chi connectivity index (χ4n) is 2.31. The van der Waals surface area contributed by atoms with Crippen LogP contribution in [0.1, 0.15) is 10.5 Å². The van der Waals surface area contributed by atoms with Crippen molar-refractivity contribution in [1.29, 1.82) is 0 Å². The lowest BCUT2D eigenvalue weighted by molar-refractivity contribution is 0.102. The van der Waals surface area contributed by atoms with Gasteiger partial charge >= 0.3 is 0 Å². The molecule has 1 N–H and O–H groups in total. The van der Waals surface area contributed by atoms with Gasteiger partial charge in [0, 0.05) is 17.3 Å². The Morgan fingerprint density at radius 2 is 1.88 bits per heavy atom. The van der Waals surface area contributed by atoms with Gasteiger partial charge in [0.25, 0.3) is 5.91 Å². The Morgan fingerprint density at radius 3 is 2.72 bits per heavy atom. The summed E-state index contributed by atoms with van der Waals surface area (Å²) in [6, 6.07) is 10.1. The summed E-state index contributed by atoms with van der Waals surface area (Å²) in [6.07, 6.45) is 1.28. The van der Waals surface area contributed by atoms with Gasteiger partial charge in [0.05, 0.1) is 10.0 Å². The molecule has 25 heavy (non-hydrogen) atoms. The number of rotatable bonds is 3. The minimum atomic E-state index is -0.408. The highest BCUT2D eigenvalue weighted by molar-refractivity contribution is 6.42. The third kappa shape index (κ3) is 3.14. The molecular formula is C17H10Cl2N2O4. The molecule has 6 nitrogen and oxygen atoms in total. The average molecular weight is 377 g/mol. The van der Waals surface area contributed by atoms with Gasteiger partial charge in [-0.25, -0.2) is 4.98 Å². The lowest BCUT2D eigenvalue weighted by Crippen LogP contribution is -2.12. The second-order valence-electron chi connectivity index (χ2n) is 5.19. The zero-order valence-corrected chi connectivity index (χ0v) is 14.1. The first-order chi connectivity index (χ1) is 12.1. The molecule has 1 aliphatic heterocycles. The van der Waals surface area contributed by atoms with Gasteiger partial charge in [-0.1, -0.05) is 23.2 Å². The molecule has 0 bridgehead atoms. The molecule has 1 aliphatic rings. The molecule has 0 atom stereocenters. The van der Waals surface area contributed by atoms with Crippen LogP contribution >= 0.6 is 23.2 Å². The number of nitrogens with one attached hydrogen (secondary N) is 1. The summed E-state index contributed by atoms with van der Waals surface area (Å²) in [5.74, 6) is 1.08. The van der Waals surface area contributed by atoms with Crippen molar-refractivity contribution in [2.24, 2.45) is 0 Å². The summed E-state index contributed by atoms with van der Waals surface area (Å²) in [6.45, 7) is 0.170. The van der Waals surface area contributed by atoms with E-state index in [0.29, 0.717) is 32.8 Å². The van der Waals surface area contributed by atoms with Crippen LogP contribution in [-0.2, 0) is 0 Å². The maximum absolute atomic E-state index is 12.3. The zero-order valence-electron chi connectivity index (χ0n) is 12.6. The fourth-order valence-corrected chi connectivity index (χ4v) is 2.61. The number of nitrogens with zero attached hydrogens (tertiary/aromatic N) is 1. The second kappa shape index (κ2) is 6.31. The number of ether oxygens (including phenoxy) is 2. The predicted molar refractivity (Wildman–Crippen MR) is 92.5 cm³/mol. The monoisotopic (exact) mass is 376 g/mol. The molecule has 4 rings (SSSR count). The van der Waals surface area contributed by atoms with Gasteiger partial charge in [0.2, 0.25) is 12.7 Å². The molecule has 2 aromatic carbocycles. The first-order valence-corrected chi connectivity index (χ1v) is 7.98. The molecule has 0 saturated heterocycles. The van der Waals surface area contributed by atoms with Gasteiger partial charge in [-0.05, 0) is 30.3 Å². The highest BCUT2D eigenvalue weighted by atomic mass is 35.5. The normalized spacial score (nSPS) is 12.2. The summed E-state index contributed by atoms with van der Waals surface area (Å²) in [7, 11) is 0. The van der Waals surface area contributed by atoms with Crippen LogP contribution in [0, 0.1) is 0 Å². The largest absolute Gasteiger partial charge is 0.454 e. The van der Waals surface area contributed by atoms with E-state index in [9.17, 15) is 4.79 Å². The van der Waals surface area contributed by atoms with Gasteiger partial charge in [-0.2, -0.15) is 0 Å². The van der Waals surface area contributed by atoms with Crippen molar-refractivity contribution in [3.05, 3.63) is 58.4 Å². The molecule has 0 aliphatic carbocycles. The number of anilines is 1. The summed E-state index contributed by atoms with van der Waals surface area (Å²) in [4.78, 5) is 16.5. The van der Waals surface area contributed by atoms with Crippen LogP contribution < -0.4 is 14.8 Å². The standard InChI is InChI=1S/C17H10Cl2N2O4/c18-11-3-1-9(5-12(11)19)17-21-13(7-23-17)16(22)20-10-2-4-14-15(6-10)25-8-24-14/h1-7H,8H2,(H,20,22). The quantitative estimate of drug-likeness (QED) is 0.721. The van der Waals surface area contributed by atoms with E-state index in [-0.39, 0.29) is 18.4 Å². The molecule has 1 amide bonds. The molecule has 0 fully saturated rings. The molecule has 0 radical (unpaired) electrons. The summed E-state index contributed by atoms with van der Waals surface area (Å²) < 4.78 is 15.9. The van der Waals surface area contributed by atoms with Crippen molar-refractivity contribution in [2.75, 3.05) is 12.1 Å². The Hall–Kier alpha value is -2.70. The number of benzene rings is 2. The van der Waals surface area contributed by atoms with Crippen LogP contribution in [0.25, 0.3) is 11.5 Å². The van der Waals surface area contributed by atoms with E-state index in [1.807, 2.05) is 0 Å². The SMILES string of the molecule is O=C(Nc1ccc2c(c1)OCO2)c1coc(-c2ccc(Cl)c(Cl)c2)n1. The summed E-state index contributed by atoms with van der Waals surface area (Å²) in [5, 5.41) is 3.54. The number of oxazole rings is 1. The molecular weight excluding hydrogens is 367 g/mol. The zero-order chi connectivity index (χ0) is 17.4. The third-order valence-corrected chi connectivity index (χ3v) is 4.27. The van der Waals surface area contributed by atoms with Gasteiger partial charge in [0.1, 0.15) is 6.26 Å². The van der Waals surface area contributed by atoms with Crippen molar-refractivity contribution in [3.8, 4) is 23.0 Å². The number of aromatic nitrogens is 1. The number of hydrogen-bond donors (Lipinski definition) is 1. The van der Waals surface area contributed by atoms with Crippen molar-refractivity contribution in [1.82, 2.24) is 4.98 Å². The first-order valence-electron chi connectivity index (χ1n) is 7.22. The van der Waals surface area contributed by atoms with Crippen LogP contribution in [0.5, 0.6) is 11.5 Å². The Morgan fingerprint density at radius 1 is 1.04 bits per heavy atom. The number of carbonyl (C=O) groups excluding carboxylic acids is 1. The van der Waals surface area contributed by atoms with Crippen LogP contribution in [-0.4, -0.2) is 17.7 Å². The lowest BCUT2D eigenvalue weighted by Gasteiger charge is -2.04. The fraction of sp³-hybridized carbons (Fsp3) is 0.0588. The molecule has 0 saturated carbocycles. The van der Waals surface area contributed by atoms with Crippen LogP contribution in [0.3, 0.4) is 0 Å². The molecule has 0 unspecified atom stereocenters. The smallest absolute Gasteiger partial charge is 0.277 e. The minimum Gasteiger partial charge on any atom is -0.454 e.